The molecule has 0 bridgehead atoms. The lowest BCUT2D eigenvalue weighted by molar-refractivity contribution is 0.0940. The van der Waals surface area contributed by atoms with Gasteiger partial charge in [-0.05, 0) is 60.0 Å². The van der Waals surface area contributed by atoms with Crippen molar-refractivity contribution in [2.24, 2.45) is 0 Å². The number of rotatable bonds is 4. The first kappa shape index (κ1) is 17.6. The summed E-state index contributed by atoms with van der Waals surface area (Å²) in [4.78, 5) is 16.6. The van der Waals surface area contributed by atoms with Crippen LogP contribution >= 0.6 is 27.5 Å². The highest BCUT2D eigenvalue weighted by molar-refractivity contribution is 9.10. The summed E-state index contributed by atoms with van der Waals surface area (Å²) >= 11 is 9.75. The van der Waals surface area contributed by atoms with Gasteiger partial charge in [-0.25, -0.2) is 0 Å². The first-order valence-electron chi connectivity index (χ1n) is 7.81. The van der Waals surface area contributed by atoms with E-state index in [0.29, 0.717) is 10.6 Å². The van der Waals surface area contributed by atoms with Gasteiger partial charge in [0.05, 0.1) is 16.6 Å². The minimum absolute atomic E-state index is 0.114. The van der Waals surface area contributed by atoms with Gasteiger partial charge in [0.1, 0.15) is 0 Å². The first-order valence-corrected chi connectivity index (χ1v) is 8.98. The van der Waals surface area contributed by atoms with Crippen LogP contribution in [0.15, 0.2) is 71.5 Å². The highest BCUT2D eigenvalue weighted by Crippen LogP contribution is 2.26. The number of halogens is 2. The third-order valence-electron chi connectivity index (χ3n) is 3.94. The zero-order chi connectivity index (χ0) is 17.8. The number of pyridine rings is 1. The van der Waals surface area contributed by atoms with Crippen molar-refractivity contribution in [3.8, 4) is 11.1 Å². The van der Waals surface area contributed by atoms with Gasteiger partial charge in [-0.2, -0.15) is 0 Å². The molecule has 2 aromatic carbocycles. The van der Waals surface area contributed by atoms with E-state index in [9.17, 15) is 4.79 Å². The fourth-order valence-corrected chi connectivity index (χ4v) is 3.06. The number of nitrogens with one attached hydrogen (secondary N) is 1. The zero-order valence-electron chi connectivity index (χ0n) is 13.5. The smallest absolute Gasteiger partial charge is 0.253 e. The van der Waals surface area contributed by atoms with Gasteiger partial charge in [0.25, 0.3) is 5.91 Å². The molecule has 0 spiro atoms. The van der Waals surface area contributed by atoms with Crippen LogP contribution in [0.5, 0.6) is 0 Å². The molecular formula is C20H16BrClN2O. The molecule has 0 saturated carbocycles. The second-order valence-electron chi connectivity index (χ2n) is 5.68. The number of nitrogens with zero attached hydrogens (tertiary/aromatic N) is 1. The van der Waals surface area contributed by atoms with Crippen molar-refractivity contribution in [2.75, 3.05) is 0 Å². The Labute approximate surface area is 160 Å². The van der Waals surface area contributed by atoms with Crippen LogP contribution in [0, 0.1) is 0 Å². The molecule has 25 heavy (non-hydrogen) atoms. The molecule has 1 heterocycles. The lowest BCUT2D eigenvalue weighted by Gasteiger charge is -2.15. The van der Waals surface area contributed by atoms with E-state index >= 15 is 0 Å². The quantitative estimate of drug-likeness (QED) is 0.598. The van der Waals surface area contributed by atoms with Crippen molar-refractivity contribution < 1.29 is 4.79 Å². The molecular weight excluding hydrogens is 400 g/mol. The lowest BCUT2D eigenvalue weighted by atomic mass is 10.0. The molecule has 1 N–H and O–H groups in total. The molecule has 0 unspecified atom stereocenters. The van der Waals surface area contributed by atoms with Crippen LogP contribution in [0.25, 0.3) is 11.1 Å². The maximum absolute atomic E-state index is 12.5. The van der Waals surface area contributed by atoms with Gasteiger partial charge in [-0.15, -0.1) is 0 Å². The summed E-state index contributed by atoms with van der Waals surface area (Å²) in [5, 5.41) is 3.41. The van der Waals surface area contributed by atoms with Gasteiger partial charge in [-0.1, -0.05) is 45.7 Å². The number of carbonyl (C=O) groups excluding carboxylic acids is 1. The number of carbonyl (C=O) groups is 1. The summed E-state index contributed by atoms with van der Waals surface area (Å²) < 4.78 is 1.00. The predicted octanol–water partition coefficient (Wildman–Crippen LogP) is 5.66. The number of hydrogen-bond donors (Lipinski definition) is 1. The molecule has 1 amide bonds. The molecule has 0 aliphatic carbocycles. The van der Waals surface area contributed by atoms with Crippen molar-refractivity contribution >= 4 is 33.4 Å². The molecule has 3 rings (SSSR count). The van der Waals surface area contributed by atoms with Crippen molar-refractivity contribution in [3.05, 3.63) is 87.6 Å². The monoisotopic (exact) mass is 414 g/mol. The first-order chi connectivity index (χ1) is 12.0. The maximum Gasteiger partial charge on any atom is 0.253 e. The minimum Gasteiger partial charge on any atom is -0.345 e. The van der Waals surface area contributed by atoms with E-state index in [1.54, 1.807) is 24.5 Å². The van der Waals surface area contributed by atoms with Crippen molar-refractivity contribution in [3.63, 3.8) is 0 Å². The molecule has 126 valence electrons. The van der Waals surface area contributed by atoms with E-state index in [1.165, 1.54) is 0 Å². The molecule has 0 fully saturated rings. The Morgan fingerprint density at radius 3 is 2.36 bits per heavy atom. The summed E-state index contributed by atoms with van der Waals surface area (Å²) in [7, 11) is 0. The second kappa shape index (κ2) is 7.81. The summed E-state index contributed by atoms with van der Waals surface area (Å²) in [6.45, 7) is 1.94. The van der Waals surface area contributed by atoms with Gasteiger partial charge >= 0.3 is 0 Å². The lowest BCUT2D eigenvalue weighted by Crippen LogP contribution is -2.26. The predicted molar refractivity (Wildman–Crippen MR) is 105 cm³/mol. The SMILES string of the molecule is C[C@H](NC(=O)c1ccc(-c2ccncc2)cc1Cl)c1ccc(Br)cc1. The minimum atomic E-state index is -0.193. The standard InChI is InChI=1S/C20H16BrClN2O/c1-13(14-2-5-17(21)6-3-14)24-20(25)18-7-4-16(12-19(18)22)15-8-10-23-11-9-15/h2-13H,1H3,(H,24,25)/t13-/m0/s1. The topological polar surface area (TPSA) is 42.0 Å². The van der Waals surface area contributed by atoms with Crippen molar-refractivity contribution in [1.29, 1.82) is 0 Å². The Balaban J connectivity index is 1.77. The Hall–Kier alpha value is -2.17. The Morgan fingerprint density at radius 1 is 1.04 bits per heavy atom. The average molecular weight is 416 g/mol. The normalized spacial score (nSPS) is 11.8. The Bertz CT molecular complexity index is 882. The third kappa shape index (κ3) is 4.27. The van der Waals surface area contributed by atoms with E-state index < -0.39 is 0 Å². The molecule has 0 radical (unpaired) electrons. The molecule has 0 aliphatic heterocycles. The van der Waals surface area contributed by atoms with Gasteiger partial charge in [0.15, 0.2) is 0 Å². The Morgan fingerprint density at radius 2 is 1.72 bits per heavy atom. The van der Waals surface area contributed by atoms with Gasteiger partial charge in [0.2, 0.25) is 0 Å². The van der Waals surface area contributed by atoms with Crippen LogP contribution in [-0.4, -0.2) is 10.9 Å². The number of hydrogen-bond acceptors (Lipinski definition) is 2. The van der Waals surface area contributed by atoms with Gasteiger partial charge in [0, 0.05) is 16.9 Å². The van der Waals surface area contributed by atoms with E-state index in [-0.39, 0.29) is 11.9 Å². The second-order valence-corrected chi connectivity index (χ2v) is 7.00. The molecule has 3 nitrogen and oxygen atoms in total. The largest absolute Gasteiger partial charge is 0.345 e. The van der Waals surface area contributed by atoms with Crippen LogP contribution in [0.1, 0.15) is 28.9 Å². The average Bonchev–Trinajstić information content (AvgIpc) is 2.62. The molecule has 3 aromatic rings. The summed E-state index contributed by atoms with van der Waals surface area (Å²) in [6.07, 6.45) is 3.45. The number of aromatic nitrogens is 1. The van der Waals surface area contributed by atoms with E-state index in [2.05, 4.69) is 26.2 Å². The maximum atomic E-state index is 12.5. The fraction of sp³-hybridized carbons (Fsp3) is 0.100. The molecule has 1 aromatic heterocycles. The molecule has 1 atom stereocenters. The number of benzene rings is 2. The van der Waals surface area contributed by atoms with Crippen LogP contribution < -0.4 is 5.32 Å². The van der Waals surface area contributed by atoms with Crippen LogP contribution in [-0.2, 0) is 0 Å². The highest BCUT2D eigenvalue weighted by atomic mass is 79.9. The fourth-order valence-electron chi connectivity index (χ4n) is 2.53. The molecule has 0 aliphatic rings. The van der Waals surface area contributed by atoms with Crippen LogP contribution in [0.2, 0.25) is 5.02 Å². The van der Waals surface area contributed by atoms with Crippen LogP contribution in [0.3, 0.4) is 0 Å². The highest BCUT2D eigenvalue weighted by Gasteiger charge is 2.15. The van der Waals surface area contributed by atoms with Crippen molar-refractivity contribution in [2.45, 2.75) is 13.0 Å². The number of amides is 1. The van der Waals surface area contributed by atoms with Crippen molar-refractivity contribution in [1.82, 2.24) is 10.3 Å². The summed E-state index contributed by atoms with van der Waals surface area (Å²) in [5.41, 5.74) is 3.45. The molecule has 5 heteroatoms. The van der Waals surface area contributed by atoms with E-state index in [1.807, 2.05) is 49.4 Å². The third-order valence-corrected chi connectivity index (χ3v) is 4.79. The van der Waals surface area contributed by atoms with E-state index in [4.69, 9.17) is 11.6 Å². The summed E-state index contributed by atoms with van der Waals surface area (Å²) in [6, 6.07) is 17.0. The summed E-state index contributed by atoms with van der Waals surface area (Å²) in [5.74, 6) is -0.193. The van der Waals surface area contributed by atoms with Gasteiger partial charge in [-0.3, -0.25) is 9.78 Å². The Kier molecular flexibility index (Phi) is 5.51. The molecule has 0 saturated heterocycles. The zero-order valence-corrected chi connectivity index (χ0v) is 15.9. The van der Waals surface area contributed by atoms with Gasteiger partial charge < -0.3 is 5.32 Å². The van der Waals surface area contributed by atoms with E-state index in [0.717, 1.165) is 21.2 Å². The van der Waals surface area contributed by atoms with Crippen LogP contribution in [0.4, 0.5) is 0 Å².